The normalized spacial score (nSPS) is 30.5. The van der Waals surface area contributed by atoms with Gasteiger partial charge in [0.1, 0.15) is 0 Å². The minimum absolute atomic E-state index is 0.0431. The van der Waals surface area contributed by atoms with Crippen molar-refractivity contribution in [1.82, 2.24) is 10.2 Å². The SMILES string of the molecule is CN(C)C(=O)[C@@H]1C[C@H](O)CN1. The molecule has 0 aromatic carbocycles. The molecule has 0 aromatic rings. The largest absolute Gasteiger partial charge is 0.392 e. The van der Waals surface area contributed by atoms with Crippen LogP contribution in [0.25, 0.3) is 0 Å². The van der Waals surface area contributed by atoms with Crippen LogP contribution in [0.2, 0.25) is 0 Å². The summed E-state index contributed by atoms with van der Waals surface area (Å²) in [6.45, 7) is 0.532. The zero-order chi connectivity index (χ0) is 8.43. The smallest absolute Gasteiger partial charge is 0.239 e. The molecule has 2 N–H and O–H groups in total. The van der Waals surface area contributed by atoms with Gasteiger partial charge in [-0.3, -0.25) is 4.79 Å². The Balaban J connectivity index is 2.43. The Hall–Kier alpha value is -0.610. The average molecular weight is 158 g/mol. The van der Waals surface area contributed by atoms with Crippen LogP contribution < -0.4 is 5.32 Å². The summed E-state index contributed by atoms with van der Waals surface area (Å²) < 4.78 is 0. The van der Waals surface area contributed by atoms with Crippen LogP contribution in [0.5, 0.6) is 0 Å². The van der Waals surface area contributed by atoms with Crippen molar-refractivity contribution < 1.29 is 9.90 Å². The lowest BCUT2D eigenvalue weighted by molar-refractivity contribution is -0.130. The fourth-order valence-corrected chi connectivity index (χ4v) is 1.22. The topological polar surface area (TPSA) is 52.6 Å². The van der Waals surface area contributed by atoms with Gasteiger partial charge in [-0.15, -0.1) is 0 Å². The molecule has 0 radical (unpaired) electrons. The molecule has 4 nitrogen and oxygen atoms in total. The Morgan fingerprint density at radius 1 is 1.64 bits per heavy atom. The number of carbonyl (C=O) groups is 1. The van der Waals surface area contributed by atoms with Gasteiger partial charge in [-0.05, 0) is 6.42 Å². The van der Waals surface area contributed by atoms with Gasteiger partial charge in [-0.1, -0.05) is 0 Å². The summed E-state index contributed by atoms with van der Waals surface area (Å²) in [5.41, 5.74) is 0. The van der Waals surface area contributed by atoms with Gasteiger partial charge in [0, 0.05) is 20.6 Å². The van der Waals surface area contributed by atoms with Crippen LogP contribution in [0.1, 0.15) is 6.42 Å². The van der Waals surface area contributed by atoms with Crippen molar-refractivity contribution in [3.05, 3.63) is 0 Å². The van der Waals surface area contributed by atoms with E-state index in [1.807, 2.05) is 0 Å². The van der Waals surface area contributed by atoms with Crippen LogP contribution in [0.4, 0.5) is 0 Å². The number of nitrogens with one attached hydrogen (secondary N) is 1. The highest BCUT2D eigenvalue weighted by Gasteiger charge is 2.28. The molecule has 0 aromatic heterocycles. The minimum Gasteiger partial charge on any atom is -0.392 e. The molecule has 64 valence electrons. The van der Waals surface area contributed by atoms with Crippen molar-refractivity contribution in [2.75, 3.05) is 20.6 Å². The summed E-state index contributed by atoms with van der Waals surface area (Å²) in [5.74, 6) is 0.0431. The maximum atomic E-state index is 11.2. The highest BCUT2D eigenvalue weighted by Crippen LogP contribution is 2.07. The summed E-state index contributed by atoms with van der Waals surface area (Å²) in [5, 5.41) is 12.0. The van der Waals surface area contributed by atoms with E-state index in [4.69, 9.17) is 5.11 Å². The number of carbonyl (C=O) groups excluding carboxylic acids is 1. The number of likely N-dealkylation sites (N-methyl/N-ethyl adjacent to an activating group) is 1. The van der Waals surface area contributed by atoms with Crippen molar-refractivity contribution in [1.29, 1.82) is 0 Å². The van der Waals surface area contributed by atoms with Gasteiger partial charge in [0.15, 0.2) is 0 Å². The lowest BCUT2D eigenvalue weighted by Gasteiger charge is -2.15. The van der Waals surface area contributed by atoms with Crippen LogP contribution in [-0.2, 0) is 4.79 Å². The lowest BCUT2D eigenvalue weighted by Crippen LogP contribution is -2.39. The zero-order valence-electron chi connectivity index (χ0n) is 6.87. The molecular formula is C7H14N2O2. The summed E-state index contributed by atoms with van der Waals surface area (Å²) >= 11 is 0. The third-order valence-electron chi connectivity index (χ3n) is 1.85. The second-order valence-corrected chi connectivity index (χ2v) is 3.08. The monoisotopic (exact) mass is 158 g/mol. The molecule has 0 bridgehead atoms. The summed E-state index contributed by atoms with van der Waals surface area (Å²) in [4.78, 5) is 12.8. The first-order valence-corrected chi connectivity index (χ1v) is 3.74. The van der Waals surface area contributed by atoms with E-state index < -0.39 is 0 Å². The first kappa shape index (κ1) is 8.49. The molecule has 1 fully saturated rings. The van der Waals surface area contributed by atoms with Crippen molar-refractivity contribution >= 4 is 5.91 Å². The Bertz CT molecular complexity index is 159. The number of hydrogen-bond donors (Lipinski definition) is 2. The number of aliphatic hydroxyl groups excluding tert-OH is 1. The van der Waals surface area contributed by atoms with E-state index in [2.05, 4.69) is 5.32 Å². The Morgan fingerprint density at radius 3 is 2.64 bits per heavy atom. The molecule has 1 rings (SSSR count). The van der Waals surface area contributed by atoms with E-state index in [1.165, 1.54) is 4.90 Å². The highest BCUT2D eigenvalue weighted by molar-refractivity contribution is 5.81. The predicted molar refractivity (Wildman–Crippen MR) is 41.1 cm³/mol. The first-order chi connectivity index (χ1) is 5.11. The molecule has 0 unspecified atom stereocenters. The average Bonchev–Trinajstić information content (AvgIpc) is 2.34. The molecule has 11 heavy (non-hydrogen) atoms. The third kappa shape index (κ3) is 1.91. The predicted octanol–water partition coefficient (Wildman–Crippen LogP) is -1.20. The Labute approximate surface area is 66.2 Å². The van der Waals surface area contributed by atoms with Gasteiger partial charge >= 0.3 is 0 Å². The number of hydrogen-bond acceptors (Lipinski definition) is 3. The fraction of sp³-hybridized carbons (Fsp3) is 0.857. The Kier molecular flexibility index (Phi) is 2.46. The van der Waals surface area contributed by atoms with Gasteiger partial charge in [-0.2, -0.15) is 0 Å². The number of rotatable bonds is 1. The van der Waals surface area contributed by atoms with E-state index in [0.29, 0.717) is 13.0 Å². The third-order valence-corrected chi connectivity index (χ3v) is 1.85. The molecule has 1 aliphatic rings. The van der Waals surface area contributed by atoms with Gasteiger partial charge in [0.25, 0.3) is 0 Å². The van der Waals surface area contributed by atoms with Crippen molar-refractivity contribution in [2.45, 2.75) is 18.6 Å². The molecule has 0 saturated carbocycles. The van der Waals surface area contributed by atoms with Crippen LogP contribution in [0, 0.1) is 0 Å². The molecule has 4 heteroatoms. The standard InChI is InChI=1S/C7H14N2O2/c1-9(2)7(11)6-3-5(10)4-8-6/h5-6,8,10H,3-4H2,1-2H3/t5-,6-/m0/s1. The molecule has 1 saturated heterocycles. The maximum absolute atomic E-state index is 11.2. The number of β-amino-alcohol motifs (C(OH)–C–C–N with tert-alkyl or cyclic N) is 1. The minimum atomic E-state index is -0.358. The van der Waals surface area contributed by atoms with Crippen molar-refractivity contribution in [3.8, 4) is 0 Å². The van der Waals surface area contributed by atoms with Gasteiger partial charge in [-0.25, -0.2) is 0 Å². The van der Waals surface area contributed by atoms with Crippen LogP contribution in [-0.4, -0.2) is 48.7 Å². The van der Waals surface area contributed by atoms with Gasteiger partial charge in [0.05, 0.1) is 12.1 Å². The van der Waals surface area contributed by atoms with E-state index in [0.717, 1.165) is 0 Å². The van der Waals surface area contributed by atoms with E-state index >= 15 is 0 Å². The molecule has 1 aliphatic heterocycles. The van der Waals surface area contributed by atoms with Gasteiger partial charge < -0.3 is 15.3 Å². The van der Waals surface area contributed by atoms with Crippen LogP contribution in [0.15, 0.2) is 0 Å². The number of nitrogens with zero attached hydrogens (tertiary/aromatic N) is 1. The number of amides is 1. The summed E-state index contributed by atoms with van der Waals surface area (Å²) in [6.07, 6.45) is 0.181. The van der Waals surface area contributed by atoms with Crippen molar-refractivity contribution in [3.63, 3.8) is 0 Å². The highest BCUT2D eigenvalue weighted by atomic mass is 16.3. The second kappa shape index (κ2) is 3.19. The number of aliphatic hydroxyl groups is 1. The molecule has 1 amide bonds. The summed E-state index contributed by atoms with van der Waals surface area (Å²) in [7, 11) is 3.43. The van der Waals surface area contributed by atoms with E-state index in [-0.39, 0.29) is 18.1 Å². The molecule has 1 heterocycles. The van der Waals surface area contributed by atoms with Crippen molar-refractivity contribution in [2.24, 2.45) is 0 Å². The van der Waals surface area contributed by atoms with Crippen LogP contribution >= 0.6 is 0 Å². The molecule has 0 spiro atoms. The summed E-state index contributed by atoms with van der Waals surface area (Å²) in [6, 6.07) is -0.181. The van der Waals surface area contributed by atoms with E-state index in [1.54, 1.807) is 14.1 Å². The zero-order valence-corrected chi connectivity index (χ0v) is 6.87. The van der Waals surface area contributed by atoms with Gasteiger partial charge in [0.2, 0.25) is 5.91 Å². The molecule has 0 aliphatic carbocycles. The maximum Gasteiger partial charge on any atom is 0.239 e. The van der Waals surface area contributed by atoms with E-state index in [9.17, 15) is 4.79 Å². The lowest BCUT2D eigenvalue weighted by atomic mass is 10.2. The second-order valence-electron chi connectivity index (χ2n) is 3.08. The quantitative estimate of drug-likeness (QED) is 0.504. The fourth-order valence-electron chi connectivity index (χ4n) is 1.22. The van der Waals surface area contributed by atoms with Crippen LogP contribution in [0.3, 0.4) is 0 Å². The molecular weight excluding hydrogens is 144 g/mol. The molecule has 2 atom stereocenters. The first-order valence-electron chi connectivity index (χ1n) is 3.74. The Morgan fingerprint density at radius 2 is 2.27 bits per heavy atom.